The molecule has 0 aliphatic carbocycles. The second kappa shape index (κ2) is 4.41. The van der Waals surface area contributed by atoms with E-state index >= 15 is 0 Å². The van der Waals surface area contributed by atoms with Gasteiger partial charge in [0.05, 0.1) is 24.7 Å². The molecule has 0 spiro atoms. The summed E-state index contributed by atoms with van der Waals surface area (Å²) >= 11 is 0. The Bertz CT molecular complexity index is 676. The smallest absolute Gasteiger partial charge is 0.154 e. The third-order valence-electron chi connectivity index (χ3n) is 2.75. The first-order chi connectivity index (χ1) is 8.88. The molecule has 0 fully saturated rings. The topological polar surface area (TPSA) is 47.3 Å². The predicted molar refractivity (Wildman–Crippen MR) is 70.3 cm³/mol. The number of hydrogen-bond donors (Lipinski definition) is 1. The van der Waals surface area contributed by atoms with Crippen molar-refractivity contribution in [1.29, 1.82) is 0 Å². The van der Waals surface area contributed by atoms with E-state index < -0.39 is 0 Å². The molecule has 3 rings (SSSR count). The van der Waals surface area contributed by atoms with Crippen LogP contribution in [0.4, 0.5) is 11.4 Å². The summed E-state index contributed by atoms with van der Waals surface area (Å²) in [5.41, 5.74) is 2.56. The van der Waals surface area contributed by atoms with Crippen LogP contribution in [0.1, 0.15) is 0 Å². The summed E-state index contributed by atoms with van der Waals surface area (Å²) in [4.78, 5) is 4.02. The van der Waals surface area contributed by atoms with Crippen LogP contribution >= 0.6 is 0 Å². The normalized spacial score (nSPS) is 10.5. The van der Waals surface area contributed by atoms with Crippen molar-refractivity contribution in [3.05, 3.63) is 49.0 Å². The Labute approximate surface area is 104 Å². The van der Waals surface area contributed by atoms with Crippen LogP contribution in [0.25, 0.3) is 11.0 Å². The number of fused-ring (bicyclic) bond motifs is 1. The van der Waals surface area contributed by atoms with Crippen molar-refractivity contribution >= 4 is 22.3 Å². The second-order valence-corrected chi connectivity index (χ2v) is 3.85. The Kier molecular flexibility index (Phi) is 2.61. The summed E-state index contributed by atoms with van der Waals surface area (Å²) in [6, 6.07) is 9.66. The summed E-state index contributed by atoms with van der Waals surface area (Å²) in [6.45, 7) is 0. The molecule has 18 heavy (non-hydrogen) atoms. The molecule has 0 aliphatic rings. The van der Waals surface area contributed by atoms with Gasteiger partial charge in [0, 0.05) is 11.6 Å². The van der Waals surface area contributed by atoms with E-state index in [0.29, 0.717) is 0 Å². The van der Waals surface area contributed by atoms with Crippen LogP contribution in [0.3, 0.4) is 0 Å². The SMILES string of the molecule is COc1ccccc1Nc1coc2cnccc12. The number of ether oxygens (including phenoxy) is 1. The lowest BCUT2D eigenvalue weighted by Crippen LogP contribution is -1.93. The summed E-state index contributed by atoms with van der Waals surface area (Å²) < 4.78 is 10.7. The minimum Gasteiger partial charge on any atom is -0.495 e. The number of hydrogen-bond acceptors (Lipinski definition) is 4. The fraction of sp³-hybridized carbons (Fsp3) is 0.0714. The second-order valence-electron chi connectivity index (χ2n) is 3.85. The molecule has 1 N–H and O–H groups in total. The Morgan fingerprint density at radius 3 is 2.94 bits per heavy atom. The predicted octanol–water partition coefficient (Wildman–Crippen LogP) is 3.58. The van der Waals surface area contributed by atoms with E-state index in [2.05, 4.69) is 10.3 Å². The number of para-hydroxylation sites is 2. The Hall–Kier alpha value is -2.49. The Balaban J connectivity index is 2.01. The van der Waals surface area contributed by atoms with Gasteiger partial charge in [0.2, 0.25) is 0 Å². The van der Waals surface area contributed by atoms with Crippen molar-refractivity contribution < 1.29 is 9.15 Å². The van der Waals surface area contributed by atoms with Gasteiger partial charge in [0.15, 0.2) is 5.58 Å². The maximum absolute atomic E-state index is 5.43. The van der Waals surface area contributed by atoms with Crippen LogP contribution in [0.5, 0.6) is 5.75 Å². The molecule has 90 valence electrons. The summed E-state index contributed by atoms with van der Waals surface area (Å²) in [5, 5.41) is 4.30. The number of pyridine rings is 1. The lowest BCUT2D eigenvalue weighted by Gasteiger charge is -2.09. The minimum atomic E-state index is 0.759. The average molecular weight is 240 g/mol. The molecule has 4 nitrogen and oxygen atoms in total. The van der Waals surface area contributed by atoms with Gasteiger partial charge in [-0.05, 0) is 18.2 Å². The molecule has 0 saturated carbocycles. The zero-order chi connectivity index (χ0) is 12.4. The van der Waals surface area contributed by atoms with Gasteiger partial charge in [-0.15, -0.1) is 0 Å². The molecule has 1 aromatic carbocycles. The number of methoxy groups -OCH3 is 1. The Morgan fingerprint density at radius 1 is 1.17 bits per heavy atom. The van der Waals surface area contributed by atoms with Gasteiger partial charge in [-0.3, -0.25) is 4.98 Å². The van der Waals surface area contributed by atoms with Gasteiger partial charge in [0.25, 0.3) is 0 Å². The van der Waals surface area contributed by atoms with Gasteiger partial charge in [0.1, 0.15) is 12.0 Å². The molecule has 0 aliphatic heterocycles. The fourth-order valence-electron chi connectivity index (χ4n) is 1.87. The maximum atomic E-state index is 5.43. The number of nitrogens with one attached hydrogen (secondary N) is 1. The van der Waals surface area contributed by atoms with Crippen LogP contribution in [-0.2, 0) is 0 Å². The zero-order valence-electron chi connectivity index (χ0n) is 9.88. The molecule has 0 radical (unpaired) electrons. The highest BCUT2D eigenvalue weighted by molar-refractivity contribution is 5.92. The third kappa shape index (κ3) is 1.78. The molecular weight excluding hydrogens is 228 g/mol. The van der Waals surface area contributed by atoms with Crippen molar-refractivity contribution in [2.45, 2.75) is 0 Å². The van der Waals surface area contributed by atoms with Crippen LogP contribution < -0.4 is 10.1 Å². The van der Waals surface area contributed by atoms with E-state index in [-0.39, 0.29) is 0 Å². The van der Waals surface area contributed by atoms with E-state index in [9.17, 15) is 0 Å². The molecule has 0 unspecified atom stereocenters. The highest BCUT2D eigenvalue weighted by Gasteiger charge is 2.07. The van der Waals surface area contributed by atoms with Crippen LogP contribution in [0, 0.1) is 0 Å². The van der Waals surface area contributed by atoms with Crippen molar-refractivity contribution in [2.75, 3.05) is 12.4 Å². The third-order valence-corrected chi connectivity index (χ3v) is 2.75. The average Bonchev–Trinajstić information content (AvgIpc) is 2.83. The molecule has 2 heterocycles. The van der Waals surface area contributed by atoms with Crippen molar-refractivity contribution in [2.24, 2.45) is 0 Å². The van der Waals surface area contributed by atoms with Gasteiger partial charge < -0.3 is 14.5 Å². The lowest BCUT2D eigenvalue weighted by atomic mass is 10.2. The van der Waals surface area contributed by atoms with E-state index in [1.165, 1.54) is 0 Å². The first kappa shape index (κ1) is 10.7. The number of rotatable bonds is 3. The summed E-state index contributed by atoms with van der Waals surface area (Å²) in [7, 11) is 1.65. The summed E-state index contributed by atoms with van der Waals surface area (Å²) in [6.07, 6.45) is 5.12. The molecule has 0 amide bonds. The lowest BCUT2D eigenvalue weighted by molar-refractivity contribution is 0.417. The van der Waals surface area contributed by atoms with Gasteiger partial charge in [-0.1, -0.05) is 12.1 Å². The van der Waals surface area contributed by atoms with Crippen molar-refractivity contribution in [1.82, 2.24) is 4.98 Å². The zero-order valence-corrected chi connectivity index (χ0v) is 9.88. The Morgan fingerprint density at radius 2 is 2.06 bits per heavy atom. The molecule has 3 aromatic rings. The number of benzene rings is 1. The minimum absolute atomic E-state index is 0.759. The van der Waals surface area contributed by atoms with Crippen LogP contribution in [0.15, 0.2) is 53.4 Å². The van der Waals surface area contributed by atoms with Crippen molar-refractivity contribution in [3.8, 4) is 5.75 Å². The van der Waals surface area contributed by atoms with E-state index in [4.69, 9.17) is 9.15 Å². The highest BCUT2D eigenvalue weighted by Crippen LogP contribution is 2.31. The van der Waals surface area contributed by atoms with Crippen LogP contribution in [0.2, 0.25) is 0 Å². The molecule has 0 saturated heterocycles. The van der Waals surface area contributed by atoms with Gasteiger partial charge >= 0.3 is 0 Å². The standard InChI is InChI=1S/C14H12N2O2/c1-17-13-5-3-2-4-11(13)16-12-9-18-14-8-15-7-6-10(12)14/h2-9,16H,1H3. The number of nitrogens with zero attached hydrogens (tertiary/aromatic N) is 1. The fourth-order valence-corrected chi connectivity index (χ4v) is 1.87. The molecule has 0 bridgehead atoms. The van der Waals surface area contributed by atoms with E-state index in [1.54, 1.807) is 25.8 Å². The van der Waals surface area contributed by atoms with Crippen LogP contribution in [-0.4, -0.2) is 12.1 Å². The molecular formula is C14H12N2O2. The van der Waals surface area contributed by atoms with Crippen molar-refractivity contribution in [3.63, 3.8) is 0 Å². The molecule has 2 aromatic heterocycles. The van der Waals surface area contributed by atoms with Gasteiger partial charge in [-0.25, -0.2) is 0 Å². The quantitative estimate of drug-likeness (QED) is 0.760. The summed E-state index contributed by atoms with van der Waals surface area (Å²) in [5.74, 6) is 0.793. The number of aromatic nitrogens is 1. The largest absolute Gasteiger partial charge is 0.495 e. The van der Waals surface area contributed by atoms with E-state index in [1.807, 2.05) is 30.3 Å². The van der Waals surface area contributed by atoms with E-state index in [0.717, 1.165) is 28.1 Å². The van der Waals surface area contributed by atoms with Gasteiger partial charge in [-0.2, -0.15) is 0 Å². The highest BCUT2D eigenvalue weighted by atomic mass is 16.5. The number of furan rings is 1. The number of anilines is 2. The first-order valence-electron chi connectivity index (χ1n) is 5.60. The molecule has 4 heteroatoms. The monoisotopic (exact) mass is 240 g/mol. The molecule has 0 atom stereocenters. The maximum Gasteiger partial charge on any atom is 0.154 e. The first-order valence-corrected chi connectivity index (χ1v) is 5.60.